The van der Waals surface area contributed by atoms with Crippen LogP contribution in [-0.2, 0) is 25.5 Å². The second-order valence-corrected chi connectivity index (χ2v) is 8.47. The Labute approximate surface area is 166 Å². The summed E-state index contributed by atoms with van der Waals surface area (Å²) in [4.78, 5) is 24.2. The van der Waals surface area contributed by atoms with E-state index in [9.17, 15) is 9.59 Å². The van der Waals surface area contributed by atoms with Crippen LogP contribution in [0.5, 0.6) is 5.75 Å². The van der Waals surface area contributed by atoms with Gasteiger partial charge in [-0.2, -0.15) is 0 Å². The predicted octanol–water partition coefficient (Wildman–Crippen LogP) is 4.36. The molecule has 1 aromatic carbocycles. The summed E-state index contributed by atoms with van der Waals surface area (Å²) in [5, 5.41) is 0. The summed E-state index contributed by atoms with van der Waals surface area (Å²) in [5.41, 5.74) is 0.567. The van der Waals surface area contributed by atoms with Crippen LogP contribution in [0.1, 0.15) is 69.8 Å². The van der Waals surface area contributed by atoms with Crippen molar-refractivity contribution in [1.82, 2.24) is 0 Å². The Kier molecular flexibility index (Phi) is 6.00. The van der Waals surface area contributed by atoms with Crippen LogP contribution in [-0.4, -0.2) is 30.3 Å². The lowest BCUT2D eigenvalue weighted by atomic mass is 9.76. The fourth-order valence-electron chi connectivity index (χ4n) is 4.93. The number of hydrogen-bond donors (Lipinski definition) is 0. The monoisotopic (exact) mass is 386 g/mol. The van der Waals surface area contributed by atoms with Crippen molar-refractivity contribution in [2.45, 2.75) is 82.5 Å². The number of carbonyl (C=O) groups excluding carboxylic acids is 2. The summed E-state index contributed by atoms with van der Waals surface area (Å²) < 4.78 is 17.4. The van der Waals surface area contributed by atoms with Crippen molar-refractivity contribution < 1.29 is 23.8 Å². The Balaban J connectivity index is 1.39. The second-order valence-electron chi connectivity index (χ2n) is 8.47. The molecule has 1 saturated carbocycles. The van der Waals surface area contributed by atoms with E-state index in [1.165, 1.54) is 5.56 Å². The van der Waals surface area contributed by atoms with Gasteiger partial charge < -0.3 is 14.2 Å². The van der Waals surface area contributed by atoms with Gasteiger partial charge in [0.05, 0.1) is 6.61 Å². The van der Waals surface area contributed by atoms with Crippen LogP contribution in [0, 0.1) is 5.92 Å². The summed E-state index contributed by atoms with van der Waals surface area (Å²) in [6, 6.07) is 8.08. The SMILES string of the molecule is O=C1CC(=O)OC(CCc2ccc(OC3CCCCO3)cc2)(C2CCCC2)C1. The van der Waals surface area contributed by atoms with Crippen LogP contribution in [0.4, 0.5) is 0 Å². The molecule has 2 unspecified atom stereocenters. The third-order valence-corrected chi connectivity index (χ3v) is 6.42. The van der Waals surface area contributed by atoms with Gasteiger partial charge in [0.1, 0.15) is 23.6 Å². The molecule has 3 fully saturated rings. The molecule has 0 aromatic heterocycles. The van der Waals surface area contributed by atoms with Gasteiger partial charge in [0.15, 0.2) is 6.29 Å². The van der Waals surface area contributed by atoms with Gasteiger partial charge in [0, 0.05) is 12.8 Å². The topological polar surface area (TPSA) is 61.8 Å². The highest BCUT2D eigenvalue weighted by Crippen LogP contribution is 2.43. The molecular weight excluding hydrogens is 356 g/mol. The van der Waals surface area contributed by atoms with Gasteiger partial charge in [0.25, 0.3) is 0 Å². The molecule has 2 saturated heterocycles. The number of aryl methyl sites for hydroxylation is 1. The zero-order valence-corrected chi connectivity index (χ0v) is 16.5. The van der Waals surface area contributed by atoms with E-state index < -0.39 is 5.60 Å². The van der Waals surface area contributed by atoms with Crippen molar-refractivity contribution in [1.29, 1.82) is 0 Å². The van der Waals surface area contributed by atoms with E-state index in [4.69, 9.17) is 14.2 Å². The van der Waals surface area contributed by atoms with Crippen LogP contribution in [0.3, 0.4) is 0 Å². The third-order valence-electron chi connectivity index (χ3n) is 6.42. The number of cyclic esters (lactones) is 1. The minimum absolute atomic E-state index is 0.0272. The molecule has 2 aliphatic heterocycles. The summed E-state index contributed by atoms with van der Waals surface area (Å²) >= 11 is 0. The van der Waals surface area contributed by atoms with Crippen LogP contribution in [0.2, 0.25) is 0 Å². The fraction of sp³-hybridized carbons (Fsp3) is 0.652. The van der Waals surface area contributed by atoms with E-state index in [2.05, 4.69) is 12.1 Å². The van der Waals surface area contributed by atoms with Crippen molar-refractivity contribution in [2.24, 2.45) is 5.92 Å². The maximum atomic E-state index is 12.2. The zero-order chi connectivity index (χ0) is 19.4. The Hall–Kier alpha value is -1.88. The fourth-order valence-corrected chi connectivity index (χ4v) is 4.93. The Morgan fingerprint density at radius 1 is 1.00 bits per heavy atom. The summed E-state index contributed by atoms with van der Waals surface area (Å²) in [7, 11) is 0. The maximum absolute atomic E-state index is 12.2. The first-order valence-corrected chi connectivity index (χ1v) is 10.7. The van der Waals surface area contributed by atoms with Crippen molar-refractivity contribution in [2.75, 3.05) is 6.61 Å². The van der Waals surface area contributed by atoms with Crippen molar-refractivity contribution in [3.05, 3.63) is 29.8 Å². The molecule has 0 spiro atoms. The standard InChI is InChI=1S/C23H30O5/c24-19-15-21(25)28-23(16-19,18-5-1-2-6-18)13-12-17-8-10-20(11-9-17)27-22-7-3-4-14-26-22/h8-11,18,22H,1-7,12-16H2. The summed E-state index contributed by atoms with van der Waals surface area (Å²) in [6.07, 6.45) is 9.27. The zero-order valence-electron chi connectivity index (χ0n) is 16.5. The maximum Gasteiger partial charge on any atom is 0.313 e. The number of ketones is 1. The summed E-state index contributed by atoms with van der Waals surface area (Å²) in [6.45, 7) is 0.767. The van der Waals surface area contributed by atoms with Gasteiger partial charge >= 0.3 is 5.97 Å². The van der Waals surface area contributed by atoms with Gasteiger partial charge in [-0.15, -0.1) is 0 Å². The molecule has 2 heterocycles. The number of rotatable bonds is 6. The molecule has 2 atom stereocenters. The van der Waals surface area contributed by atoms with E-state index >= 15 is 0 Å². The van der Waals surface area contributed by atoms with Crippen LogP contribution in [0.25, 0.3) is 0 Å². The number of benzene rings is 1. The lowest BCUT2D eigenvalue weighted by Crippen LogP contribution is -2.48. The molecular formula is C23H30O5. The van der Waals surface area contributed by atoms with Crippen LogP contribution in [0.15, 0.2) is 24.3 Å². The van der Waals surface area contributed by atoms with Gasteiger partial charge in [-0.3, -0.25) is 9.59 Å². The van der Waals surface area contributed by atoms with Crippen molar-refractivity contribution in [3.63, 3.8) is 0 Å². The predicted molar refractivity (Wildman–Crippen MR) is 104 cm³/mol. The van der Waals surface area contributed by atoms with E-state index in [1.807, 2.05) is 12.1 Å². The number of esters is 1. The molecule has 152 valence electrons. The first-order chi connectivity index (χ1) is 13.6. The van der Waals surface area contributed by atoms with E-state index in [0.717, 1.165) is 63.7 Å². The lowest BCUT2D eigenvalue weighted by Gasteiger charge is -2.41. The van der Waals surface area contributed by atoms with Crippen molar-refractivity contribution in [3.8, 4) is 5.75 Å². The largest absolute Gasteiger partial charge is 0.465 e. The Morgan fingerprint density at radius 2 is 1.75 bits per heavy atom. The van der Waals surface area contributed by atoms with E-state index in [0.29, 0.717) is 18.8 Å². The molecule has 1 aromatic rings. The molecule has 28 heavy (non-hydrogen) atoms. The number of ether oxygens (including phenoxy) is 3. The van der Waals surface area contributed by atoms with E-state index in [1.54, 1.807) is 0 Å². The smallest absolute Gasteiger partial charge is 0.313 e. The Morgan fingerprint density at radius 3 is 2.43 bits per heavy atom. The van der Waals surface area contributed by atoms with E-state index in [-0.39, 0.29) is 24.5 Å². The first-order valence-electron chi connectivity index (χ1n) is 10.7. The molecule has 5 heteroatoms. The highest BCUT2D eigenvalue weighted by atomic mass is 16.7. The molecule has 0 radical (unpaired) electrons. The highest BCUT2D eigenvalue weighted by Gasteiger charge is 2.47. The third kappa shape index (κ3) is 4.57. The minimum atomic E-state index is -0.603. The molecule has 0 bridgehead atoms. The molecule has 5 nitrogen and oxygen atoms in total. The molecule has 4 rings (SSSR count). The molecule has 0 amide bonds. The Bertz CT molecular complexity index is 667. The minimum Gasteiger partial charge on any atom is -0.465 e. The van der Waals surface area contributed by atoms with Crippen molar-refractivity contribution >= 4 is 11.8 Å². The van der Waals surface area contributed by atoms with Crippen LogP contribution >= 0.6 is 0 Å². The first kappa shape index (κ1) is 19.4. The van der Waals surface area contributed by atoms with Gasteiger partial charge in [-0.1, -0.05) is 25.0 Å². The van der Waals surface area contributed by atoms with Crippen LogP contribution < -0.4 is 4.74 Å². The van der Waals surface area contributed by atoms with Gasteiger partial charge in [-0.25, -0.2) is 0 Å². The number of Topliss-reactive ketones (excluding diaryl/α,β-unsaturated/α-hetero) is 1. The molecule has 3 aliphatic rings. The lowest BCUT2D eigenvalue weighted by molar-refractivity contribution is -0.178. The highest BCUT2D eigenvalue weighted by molar-refractivity contribution is 5.98. The van der Waals surface area contributed by atoms with Gasteiger partial charge in [0.2, 0.25) is 0 Å². The quantitative estimate of drug-likeness (QED) is 0.537. The number of hydrogen-bond acceptors (Lipinski definition) is 5. The molecule has 0 N–H and O–H groups in total. The second kappa shape index (κ2) is 8.64. The number of carbonyl (C=O) groups is 2. The summed E-state index contributed by atoms with van der Waals surface area (Å²) in [5.74, 6) is 0.811. The average Bonchev–Trinajstić information content (AvgIpc) is 3.23. The average molecular weight is 386 g/mol. The van der Waals surface area contributed by atoms with Gasteiger partial charge in [-0.05, 0) is 62.1 Å². The molecule has 1 aliphatic carbocycles. The normalized spacial score (nSPS) is 28.9.